The Hall–Kier alpha value is -4.76. The van der Waals surface area contributed by atoms with Crippen molar-refractivity contribution in [1.29, 1.82) is 0 Å². The van der Waals surface area contributed by atoms with Gasteiger partial charge in [0.1, 0.15) is 12.1 Å². The molecule has 3 aliphatic heterocycles. The molecular formula is C35H35N5O4. The van der Waals surface area contributed by atoms with Crippen molar-refractivity contribution < 1.29 is 19.2 Å². The van der Waals surface area contributed by atoms with Gasteiger partial charge in [0, 0.05) is 47.5 Å². The fourth-order valence-electron chi connectivity index (χ4n) is 7.61. The maximum Gasteiger partial charge on any atom is 0.253 e. The van der Waals surface area contributed by atoms with Crippen LogP contribution in [-0.4, -0.2) is 64.1 Å². The number of hydrogen-bond donors (Lipinski definition) is 2. The number of para-hydroxylation sites is 2. The summed E-state index contributed by atoms with van der Waals surface area (Å²) in [7, 11) is 0. The highest BCUT2D eigenvalue weighted by molar-refractivity contribution is 6.17. The van der Waals surface area contributed by atoms with Crippen LogP contribution in [0.5, 0.6) is 0 Å². The lowest BCUT2D eigenvalue weighted by Gasteiger charge is -2.31. The van der Waals surface area contributed by atoms with E-state index in [0.29, 0.717) is 30.8 Å². The van der Waals surface area contributed by atoms with E-state index >= 15 is 0 Å². The maximum atomic E-state index is 14.7. The third-order valence-electron chi connectivity index (χ3n) is 9.67. The van der Waals surface area contributed by atoms with Gasteiger partial charge in [-0.3, -0.25) is 29.4 Å². The second-order valence-electron chi connectivity index (χ2n) is 11.8. The molecule has 4 aromatic rings. The Bertz CT molecular complexity index is 1780. The van der Waals surface area contributed by atoms with Crippen LogP contribution in [0.3, 0.4) is 0 Å². The van der Waals surface area contributed by atoms with E-state index in [2.05, 4.69) is 10.3 Å². The number of rotatable bonds is 8. The normalized spacial score (nSPS) is 24.0. The molecule has 0 aliphatic carbocycles. The second-order valence-corrected chi connectivity index (χ2v) is 11.8. The molecule has 0 radical (unpaired) electrons. The van der Waals surface area contributed by atoms with E-state index < -0.39 is 23.4 Å². The number of nitrogens with one attached hydrogen (secondary N) is 2. The first kappa shape index (κ1) is 28.0. The number of hydrogen-bond acceptors (Lipinski definition) is 5. The molecule has 3 aromatic carbocycles. The largest absolute Gasteiger partial charge is 0.361 e. The molecule has 4 amide bonds. The molecule has 44 heavy (non-hydrogen) atoms. The number of nitrogens with zero attached hydrogens (tertiary/aromatic N) is 3. The van der Waals surface area contributed by atoms with Crippen LogP contribution in [0.1, 0.15) is 30.5 Å². The summed E-state index contributed by atoms with van der Waals surface area (Å²) in [5, 5.41) is 4.62. The summed E-state index contributed by atoms with van der Waals surface area (Å²) in [4.78, 5) is 64.6. The van der Waals surface area contributed by atoms with Gasteiger partial charge in [-0.2, -0.15) is 0 Å². The quantitative estimate of drug-likeness (QED) is 0.306. The maximum absolute atomic E-state index is 14.7. The van der Waals surface area contributed by atoms with Crippen LogP contribution >= 0.6 is 0 Å². The highest BCUT2D eigenvalue weighted by atomic mass is 16.2. The van der Waals surface area contributed by atoms with E-state index in [4.69, 9.17) is 0 Å². The number of aromatic amines is 1. The van der Waals surface area contributed by atoms with Gasteiger partial charge in [-0.1, -0.05) is 66.7 Å². The zero-order chi connectivity index (χ0) is 30.6. The minimum atomic E-state index is -1.47. The van der Waals surface area contributed by atoms with Crippen LogP contribution in [0.2, 0.25) is 0 Å². The predicted octanol–water partition coefficient (Wildman–Crippen LogP) is 3.59. The van der Waals surface area contributed by atoms with E-state index in [1.165, 1.54) is 9.80 Å². The molecule has 224 valence electrons. The van der Waals surface area contributed by atoms with Crippen molar-refractivity contribution >= 4 is 40.2 Å². The smallest absolute Gasteiger partial charge is 0.253 e. The Balaban J connectivity index is 1.33. The standard InChI is InChI=1S/C35H35N5O4/c1-3-38(4-2)29(41)21-39-28-17-11-9-15-25(28)35(34(39)44)31-30(32(42)40(33(31)43)20-22-12-6-5-7-13-22)27(37-35)18-23-19-36-26-16-10-8-14-24(23)26/h5-17,19,27,30-31,36-37H,3-4,18,20-21H2,1-2H3/t27-,30+,31-,35+/m1/s1. The monoisotopic (exact) mass is 589 g/mol. The minimum Gasteiger partial charge on any atom is -0.361 e. The molecule has 7 rings (SSSR count). The molecule has 9 nitrogen and oxygen atoms in total. The minimum absolute atomic E-state index is 0.138. The molecule has 4 atom stereocenters. The Labute approximate surface area is 255 Å². The summed E-state index contributed by atoms with van der Waals surface area (Å²) in [6.07, 6.45) is 2.38. The van der Waals surface area contributed by atoms with Gasteiger partial charge in [0.25, 0.3) is 5.91 Å². The number of H-pyrrole nitrogens is 1. The number of imide groups is 1. The van der Waals surface area contributed by atoms with Crippen molar-refractivity contribution in [3.8, 4) is 0 Å². The van der Waals surface area contributed by atoms with E-state index in [0.717, 1.165) is 22.0 Å². The van der Waals surface area contributed by atoms with Crippen molar-refractivity contribution in [3.63, 3.8) is 0 Å². The van der Waals surface area contributed by atoms with Gasteiger partial charge in [-0.15, -0.1) is 0 Å². The SMILES string of the molecule is CCN(CC)C(=O)CN1C(=O)[C@]2(N[C@H](Cc3c[nH]c4ccccc34)[C@@H]3C(=O)N(Cc4ccccc4)C(=O)[C@@H]32)c2ccccc21. The van der Waals surface area contributed by atoms with Crippen LogP contribution < -0.4 is 10.2 Å². The molecule has 0 bridgehead atoms. The Morgan fingerprint density at radius 3 is 2.34 bits per heavy atom. The van der Waals surface area contributed by atoms with Crippen molar-refractivity contribution in [3.05, 3.63) is 102 Å². The molecule has 4 heterocycles. The highest BCUT2D eigenvalue weighted by Crippen LogP contribution is 2.55. The van der Waals surface area contributed by atoms with Crippen LogP contribution in [0.15, 0.2) is 85.1 Å². The molecule has 0 unspecified atom stereocenters. The summed E-state index contributed by atoms with van der Waals surface area (Å²) in [5.41, 5.74) is 2.58. The number of fused-ring (bicyclic) bond motifs is 5. The molecule has 0 saturated carbocycles. The van der Waals surface area contributed by atoms with Crippen LogP contribution in [-0.2, 0) is 37.7 Å². The number of benzene rings is 3. The molecule has 9 heteroatoms. The average Bonchev–Trinajstić information content (AvgIpc) is 3.74. The van der Waals surface area contributed by atoms with E-state index in [9.17, 15) is 19.2 Å². The van der Waals surface area contributed by atoms with Crippen LogP contribution in [0, 0.1) is 11.8 Å². The first-order chi connectivity index (χ1) is 21.4. The molecule has 3 aliphatic rings. The Morgan fingerprint density at radius 1 is 0.864 bits per heavy atom. The van der Waals surface area contributed by atoms with Gasteiger partial charge in [0.15, 0.2) is 0 Å². The molecule has 1 spiro atoms. The summed E-state index contributed by atoms with van der Waals surface area (Å²) in [6, 6.07) is 24.3. The fraction of sp³-hybridized carbons (Fsp3) is 0.314. The first-order valence-corrected chi connectivity index (χ1v) is 15.3. The Kier molecular flexibility index (Phi) is 6.85. The lowest BCUT2D eigenvalue weighted by molar-refractivity contribution is -0.143. The lowest BCUT2D eigenvalue weighted by atomic mass is 9.76. The van der Waals surface area contributed by atoms with Gasteiger partial charge in [-0.05, 0) is 43.5 Å². The molecule has 2 fully saturated rings. The second kappa shape index (κ2) is 10.7. The third-order valence-corrected chi connectivity index (χ3v) is 9.67. The summed E-state index contributed by atoms with van der Waals surface area (Å²) >= 11 is 0. The van der Waals surface area contributed by atoms with Crippen LogP contribution in [0.4, 0.5) is 5.69 Å². The van der Waals surface area contributed by atoms with Gasteiger partial charge in [-0.25, -0.2) is 0 Å². The predicted molar refractivity (Wildman–Crippen MR) is 166 cm³/mol. The topological polar surface area (TPSA) is 106 Å². The van der Waals surface area contributed by atoms with E-state index in [-0.39, 0.29) is 36.7 Å². The highest BCUT2D eigenvalue weighted by Gasteiger charge is 2.71. The van der Waals surface area contributed by atoms with Crippen molar-refractivity contribution in [2.75, 3.05) is 24.5 Å². The zero-order valence-corrected chi connectivity index (χ0v) is 24.8. The summed E-state index contributed by atoms with van der Waals surface area (Å²) in [6.45, 7) is 4.88. The van der Waals surface area contributed by atoms with Crippen molar-refractivity contribution in [2.24, 2.45) is 11.8 Å². The molecule has 1 aromatic heterocycles. The van der Waals surface area contributed by atoms with Crippen molar-refractivity contribution in [2.45, 2.75) is 38.4 Å². The summed E-state index contributed by atoms with van der Waals surface area (Å²) in [5.74, 6) is -2.87. The van der Waals surface area contributed by atoms with Gasteiger partial charge < -0.3 is 14.8 Å². The van der Waals surface area contributed by atoms with Crippen molar-refractivity contribution in [1.82, 2.24) is 20.1 Å². The number of likely N-dealkylation sites (N-methyl/N-ethyl adjacent to an activating group) is 1. The fourth-order valence-corrected chi connectivity index (χ4v) is 7.61. The van der Waals surface area contributed by atoms with Gasteiger partial charge in [0.2, 0.25) is 17.7 Å². The number of amides is 4. The lowest BCUT2D eigenvalue weighted by Crippen LogP contribution is -2.56. The Morgan fingerprint density at radius 2 is 1.57 bits per heavy atom. The summed E-state index contributed by atoms with van der Waals surface area (Å²) < 4.78 is 0. The van der Waals surface area contributed by atoms with Crippen LogP contribution in [0.25, 0.3) is 10.9 Å². The first-order valence-electron chi connectivity index (χ1n) is 15.3. The number of carbonyl (C=O) groups excluding carboxylic acids is 4. The van der Waals surface area contributed by atoms with E-state index in [1.54, 1.807) is 4.90 Å². The number of anilines is 1. The number of aromatic nitrogens is 1. The van der Waals surface area contributed by atoms with E-state index in [1.807, 2.05) is 98.9 Å². The van der Waals surface area contributed by atoms with Gasteiger partial charge >= 0.3 is 0 Å². The average molecular weight is 590 g/mol. The zero-order valence-electron chi connectivity index (χ0n) is 24.8. The van der Waals surface area contributed by atoms with Gasteiger partial charge in [0.05, 0.1) is 18.4 Å². The molecular weight excluding hydrogens is 554 g/mol. The number of likely N-dealkylation sites (tertiary alicyclic amines) is 1. The third kappa shape index (κ3) is 4.10. The molecule has 2 N–H and O–H groups in total. The molecule has 2 saturated heterocycles. The number of carbonyl (C=O) groups is 4.